The average Bonchev–Trinajstić information content (AvgIpc) is 2.80. The van der Waals surface area contributed by atoms with Crippen molar-refractivity contribution in [3.05, 3.63) is 41.2 Å². The van der Waals surface area contributed by atoms with E-state index in [0.717, 1.165) is 17.1 Å². The van der Waals surface area contributed by atoms with Gasteiger partial charge in [0.25, 0.3) is 5.91 Å². The number of hydrogen-bond acceptors (Lipinski definition) is 4. The lowest BCUT2D eigenvalue weighted by Crippen LogP contribution is -2.30. The van der Waals surface area contributed by atoms with Crippen molar-refractivity contribution >= 4 is 5.91 Å². The normalized spacial score (nSPS) is 10.3. The number of ether oxygens (including phenoxy) is 2. The maximum Gasteiger partial charge on any atom is 0.267 e. The standard InChI is InChI=1S/C15H19N3O3/c1-9-7-12(15(19)17-16)10(2)18(9)13-6-5-11(20-3)8-14(13)21-4/h5-8H,16H2,1-4H3,(H,17,19). The molecule has 2 rings (SSSR count). The first-order valence-electron chi connectivity index (χ1n) is 6.45. The summed E-state index contributed by atoms with van der Waals surface area (Å²) in [6, 6.07) is 7.33. The van der Waals surface area contributed by atoms with Crippen LogP contribution >= 0.6 is 0 Å². The van der Waals surface area contributed by atoms with Gasteiger partial charge >= 0.3 is 0 Å². The number of benzene rings is 1. The fourth-order valence-corrected chi connectivity index (χ4v) is 2.41. The van der Waals surface area contributed by atoms with Crippen molar-refractivity contribution in [2.75, 3.05) is 14.2 Å². The molecule has 0 spiro atoms. The van der Waals surface area contributed by atoms with Gasteiger partial charge in [0.1, 0.15) is 11.5 Å². The number of hydrogen-bond donors (Lipinski definition) is 2. The fourth-order valence-electron chi connectivity index (χ4n) is 2.41. The quantitative estimate of drug-likeness (QED) is 0.510. The molecule has 0 aliphatic rings. The Morgan fingerprint density at radius 2 is 1.90 bits per heavy atom. The van der Waals surface area contributed by atoms with Crippen LogP contribution in [0, 0.1) is 13.8 Å². The highest BCUT2D eigenvalue weighted by atomic mass is 16.5. The van der Waals surface area contributed by atoms with Crippen LogP contribution in [0.3, 0.4) is 0 Å². The third-order valence-electron chi connectivity index (χ3n) is 3.43. The first kappa shape index (κ1) is 14.9. The number of amides is 1. The molecule has 3 N–H and O–H groups in total. The molecule has 0 saturated heterocycles. The zero-order valence-corrected chi connectivity index (χ0v) is 12.6. The number of methoxy groups -OCH3 is 2. The second kappa shape index (κ2) is 5.88. The molecule has 0 saturated carbocycles. The zero-order chi connectivity index (χ0) is 15.6. The van der Waals surface area contributed by atoms with Gasteiger partial charge in [-0.3, -0.25) is 10.2 Å². The number of hydrazine groups is 1. The number of aryl methyl sites for hydroxylation is 1. The smallest absolute Gasteiger partial charge is 0.267 e. The van der Waals surface area contributed by atoms with Crippen LogP contribution in [0.15, 0.2) is 24.3 Å². The van der Waals surface area contributed by atoms with E-state index in [2.05, 4.69) is 5.43 Å². The molecule has 1 aromatic carbocycles. The third kappa shape index (κ3) is 2.57. The minimum Gasteiger partial charge on any atom is -0.497 e. The summed E-state index contributed by atoms with van der Waals surface area (Å²) in [6.45, 7) is 3.78. The minimum atomic E-state index is -0.318. The van der Waals surface area contributed by atoms with E-state index in [1.165, 1.54) is 0 Å². The van der Waals surface area contributed by atoms with Gasteiger partial charge in [-0.1, -0.05) is 0 Å². The van der Waals surface area contributed by atoms with E-state index in [4.69, 9.17) is 15.3 Å². The van der Waals surface area contributed by atoms with Crippen molar-refractivity contribution in [3.8, 4) is 17.2 Å². The van der Waals surface area contributed by atoms with E-state index in [1.54, 1.807) is 26.4 Å². The van der Waals surface area contributed by atoms with Crippen LogP contribution in [0.5, 0.6) is 11.5 Å². The molecule has 0 unspecified atom stereocenters. The summed E-state index contributed by atoms with van der Waals surface area (Å²) in [7, 11) is 3.20. The molecule has 6 nitrogen and oxygen atoms in total. The first-order chi connectivity index (χ1) is 10.0. The lowest BCUT2D eigenvalue weighted by Gasteiger charge is -2.15. The molecule has 1 aromatic heterocycles. The lowest BCUT2D eigenvalue weighted by atomic mass is 10.2. The average molecular weight is 289 g/mol. The van der Waals surface area contributed by atoms with Gasteiger partial charge in [0.15, 0.2) is 0 Å². The van der Waals surface area contributed by atoms with Crippen molar-refractivity contribution < 1.29 is 14.3 Å². The Labute approximate surface area is 123 Å². The molecule has 1 heterocycles. The molecule has 1 amide bonds. The Kier molecular flexibility index (Phi) is 4.18. The third-order valence-corrected chi connectivity index (χ3v) is 3.43. The number of rotatable bonds is 4. The van der Waals surface area contributed by atoms with Gasteiger partial charge in [-0.05, 0) is 32.0 Å². The summed E-state index contributed by atoms with van der Waals surface area (Å²) >= 11 is 0. The second-order valence-corrected chi connectivity index (χ2v) is 4.63. The number of nitrogens with one attached hydrogen (secondary N) is 1. The maximum atomic E-state index is 11.8. The van der Waals surface area contributed by atoms with Crippen molar-refractivity contribution in [1.29, 1.82) is 0 Å². The van der Waals surface area contributed by atoms with Crippen molar-refractivity contribution in [3.63, 3.8) is 0 Å². The molecule has 0 aliphatic heterocycles. The SMILES string of the molecule is COc1ccc(-n2c(C)cc(C(=O)NN)c2C)c(OC)c1. The monoisotopic (exact) mass is 289 g/mol. The summed E-state index contributed by atoms with van der Waals surface area (Å²) in [6.07, 6.45) is 0. The lowest BCUT2D eigenvalue weighted by molar-refractivity contribution is 0.0953. The summed E-state index contributed by atoms with van der Waals surface area (Å²) < 4.78 is 12.6. The van der Waals surface area contributed by atoms with Crippen LogP contribution in [0.1, 0.15) is 21.7 Å². The molecule has 0 fully saturated rings. The summed E-state index contributed by atoms with van der Waals surface area (Å²) in [4.78, 5) is 11.8. The highest BCUT2D eigenvalue weighted by molar-refractivity contribution is 5.95. The van der Waals surface area contributed by atoms with Gasteiger partial charge in [0.2, 0.25) is 0 Å². The van der Waals surface area contributed by atoms with E-state index in [-0.39, 0.29) is 5.91 Å². The van der Waals surface area contributed by atoms with E-state index in [1.807, 2.05) is 30.5 Å². The number of nitrogens with zero attached hydrogens (tertiary/aromatic N) is 1. The Balaban J connectivity index is 2.62. The first-order valence-corrected chi connectivity index (χ1v) is 6.45. The zero-order valence-electron chi connectivity index (χ0n) is 12.6. The Morgan fingerprint density at radius 3 is 2.48 bits per heavy atom. The number of aromatic nitrogens is 1. The predicted octanol–water partition coefficient (Wildman–Crippen LogP) is 1.71. The second-order valence-electron chi connectivity index (χ2n) is 4.63. The van der Waals surface area contributed by atoms with Crippen LogP contribution < -0.4 is 20.7 Å². The Morgan fingerprint density at radius 1 is 1.19 bits per heavy atom. The molecule has 21 heavy (non-hydrogen) atoms. The van der Waals surface area contributed by atoms with Crippen LogP contribution in [0.2, 0.25) is 0 Å². The largest absolute Gasteiger partial charge is 0.497 e. The van der Waals surface area contributed by atoms with E-state index in [9.17, 15) is 4.79 Å². The maximum absolute atomic E-state index is 11.8. The van der Waals surface area contributed by atoms with Crippen molar-refractivity contribution in [2.24, 2.45) is 5.84 Å². The van der Waals surface area contributed by atoms with Crippen molar-refractivity contribution in [1.82, 2.24) is 9.99 Å². The molecular formula is C15H19N3O3. The molecule has 0 bridgehead atoms. The topological polar surface area (TPSA) is 78.5 Å². The van der Waals surface area contributed by atoms with Gasteiger partial charge < -0.3 is 14.0 Å². The van der Waals surface area contributed by atoms with Gasteiger partial charge in [0.05, 0.1) is 25.5 Å². The number of nitrogen functional groups attached to an aromatic ring is 1. The van der Waals surface area contributed by atoms with Gasteiger partial charge in [-0.2, -0.15) is 0 Å². The fraction of sp³-hybridized carbons (Fsp3) is 0.267. The molecule has 0 aliphatic carbocycles. The van der Waals surface area contributed by atoms with Crippen LogP contribution in [-0.2, 0) is 0 Å². The molecule has 0 radical (unpaired) electrons. The molecule has 112 valence electrons. The van der Waals surface area contributed by atoms with Crippen LogP contribution in [0.25, 0.3) is 5.69 Å². The molecule has 6 heteroatoms. The Hall–Kier alpha value is -2.47. The summed E-state index contributed by atoms with van der Waals surface area (Å²) in [5.74, 6) is 6.27. The van der Waals surface area contributed by atoms with E-state index >= 15 is 0 Å². The molecule has 0 atom stereocenters. The number of nitrogens with two attached hydrogens (primary N) is 1. The summed E-state index contributed by atoms with van der Waals surface area (Å²) in [5, 5.41) is 0. The Bertz CT molecular complexity index is 677. The van der Waals surface area contributed by atoms with E-state index < -0.39 is 0 Å². The van der Waals surface area contributed by atoms with Crippen LogP contribution in [-0.4, -0.2) is 24.7 Å². The van der Waals surface area contributed by atoms with Gasteiger partial charge in [0, 0.05) is 17.5 Å². The van der Waals surface area contributed by atoms with Crippen LogP contribution in [0.4, 0.5) is 0 Å². The number of carbonyl (C=O) groups excluding carboxylic acids is 1. The van der Waals surface area contributed by atoms with Crippen molar-refractivity contribution in [2.45, 2.75) is 13.8 Å². The highest BCUT2D eigenvalue weighted by Gasteiger charge is 2.18. The summed E-state index contributed by atoms with van der Waals surface area (Å²) in [5.41, 5.74) is 5.23. The highest BCUT2D eigenvalue weighted by Crippen LogP contribution is 2.31. The predicted molar refractivity (Wildman–Crippen MR) is 80.0 cm³/mol. The molecule has 2 aromatic rings. The van der Waals surface area contributed by atoms with Gasteiger partial charge in [-0.25, -0.2) is 5.84 Å². The number of carbonyl (C=O) groups is 1. The van der Waals surface area contributed by atoms with Gasteiger partial charge in [-0.15, -0.1) is 0 Å². The molecular weight excluding hydrogens is 270 g/mol. The minimum absolute atomic E-state index is 0.318. The van der Waals surface area contributed by atoms with E-state index in [0.29, 0.717) is 17.1 Å².